The largest absolute Gasteiger partial charge is 0.378 e. The van der Waals surface area contributed by atoms with Gasteiger partial charge in [-0.25, -0.2) is 0 Å². The summed E-state index contributed by atoms with van der Waals surface area (Å²) in [6.45, 7) is 5.33. The van der Waals surface area contributed by atoms with Crippen LogP contribution in [0, 0.1) is 0 Å². The molecule has 0 saturated heterocycles. The van der Waals surface area contributed by atoms with Crippen LogP contribution in [-0.2, 0) is 18.9 Å². The molecule has 16 heavy (non-hydrogen) atoms. The van der Waals surface area contributed by atoms with Crippen LogP contribution < -0.4 is 0 Å². The van der Waals surface area contributed by atoms with Crippen molar-refractivity contribution in [3.8, 4) is 0 Å². The molecule has 6 heteroatoms. The van der Waals surface area contributed by atoms with E-state index in [1.165, 1.54) is 0 Å². The lowest BCUT2D eigenvalue weighted by Gasteiger charge is -2.06. The van der Waals surface area contributed by atoms with E-state index in [-0.39, 0.29) is 0 Å². The van der Waals surface area contributed by atoms with Crippen molar-refractivity contribution >= 4 is 38.5 Å². The molecular formula is C10H20BrIO4. The molecule has 0 bridgehead atoms. The maximum absolute atomic E-state index is 5.31. The second kappa shape index (κ2) is 16.1. The molecule has 0 amide bonds. The molecule has 98 valence electrons. The number of hydrogen-bond donors (Lipinski definition) is 0. The molecule has 0 radical (unpaired) electrons. The standard InChI is InChI=1S/C10H20BrIO4/c11-1-3-13-5-7-15-9-10-16-8-6-14-4-2-12/h1-10H2. The van der Waals surface area contributed by atoms with Crippen molar-refractivity contribution in [1.29, 1.82) is 0 Å². The van der Waals surface area contributed by atoms with Gasteiger partial charge in [0.2, 0.25) is 0 Å². The molecule has 0 aromatic heterocycles. The van der Waals surface area contributed by atoms with Crippen molar-refractivity contribution in [3.63, 3.8) is 0 Å². The first kappa shape index (κ1) is 17.1. The zero-order valence-electron chi connectivity index (χ0n) is 9.46. The Hall–Kier alpha value is 1.05. The Balaban J connectivity index is 2.83. The fraction of sp³-hybridized carbons (Fsp3) is 1.00. The summed E-state index contributed by atoms with van der Waals surface area (Å²) in [7, 11) is 0. The number of ether oxygens (including phenoxy) is 4. The first-order valence-corrected chi connectivity index (χ1v) is 7.99. The molecule has 0 spiro atoms. The van der Waals surface area contributed by atoms with Crippen LogP contribution in [0.4, 0.5) is 0 Å². The van der Waals surface area contributed by atoms with E-state index in [9.17, 15) is 0 Å². The van der Waals surface area contributed by atoms with Gasteiger partial charge >= 0.3 is 0 Å². The molecule has 0 atom stereocenters. The fourth-order valence-electron chi connectivity index (χ4n) is 0.871. The Morgan fingerprint density at radius 2 is 1.00 bits per heavy atom. The van der Waals surface area contributed by atoms with Gasteiger partial charge in [0.1, 0.15) is 0 Å². The minimum absolute atomic E-state index is 0.615. The van der Waals surface area contributed by atoms with Crippen LogP contribution in [0.2, 0.25) is 0 Å². The van der Waals surface area contributed by atoms with Gasteiger partial charge in [0.25, 0.3) is 0 Å². The maximum Gasteiger partial charge on any atom is 0.0701 e. The monoisotopic (exact) mass is 410 g/mol. The Kier molecular flexibility index (Phi) is 17.1. The summed E-state index contributed by atoms with van der Waals surface area (Å²) in [4.78, 5) is 0. The van der Waals surface area contributed by atoms with Crippen molar-refractivity contribution in [1.82, 2.24) is 0 Å². The molecule has 0 N–H and O–H groups in total. The minimum Gasteiger partial charge on any atom is -0.378 e. The summed E-state index contributed by atoms with van der Waals surface area (Å²) in [5.74, 6) is 0. The molecular weight excluding hydrogens is 391 g/mol. The number of alkyl halides is 2. The Bertz CT molecular complexity index is 115. The second-order valence-electron chi connectivity index (χ2n) is 2.83. The molecule has 0 aromatic rings. The van der Waals surface area contributed by atoms with Crippen molar-refractivity contribution in [2.24, 2.45) is 0 Å². The highest BCUT2D eigenvalue weighted by molar-refractivity contribution is 14.1. The Morgan fingerprint density at radius 3 is 1.38 bits per heavy atom. The van der Waals surface area contributed by atoms with Crippen LogP contribution in [0.1, 0.15) is 0 Å². The summed E-state index contributed by atoms with van der Waals surface area (Å²) in [5, 5.41) is 0.868. The van der Waals surface area contributed by atoms with E-state index in [1.54, 1.807) is 0 Å². The molecule has 0 rings (SSSR count). The summed E-state index contributed by atoms with van der Waals surface area (Å²) in [5.41, 5.74) is 0. The number of rotatable bonds is 13. The van der Waals surface area contributed by atoms with E-state index in [0.717, 1.165) is 23.0 Å². The summed E-state index contributed by atoms with van der Waals surface area (Å²) in [6, 6.07) is 0. The minimum atomic E-state index is 0.615. The molecule has 4 nitrogen and oxygen atoms in total. The normalized spacial score (nSPS) is 10.9. The highest BCUT2D eigenvalue weighted by atomic mass is 127. The fourth-order valence-corrected chi connectivity index (χ4v) is 1.41. The third-order valence-electron chi connectivity index (χ3n) is 1.56. The van der Waals surface area contributed by atoms with Crippen LogP contribution in [0.15, 0.2) is 0 Å². The predicted molar refractivity (Wildman–Crippen MR) is 76.0 cm³/mol. The zero-order valence-corrected chi connectivity index (χ0v) is 13.2. The summed E-state index contributed by atoms with van der Waals surface area (Å²) >= 11 is 5.56. The molecule has 0 heterocycles. The molecule has 0 aromatic carbocycles. The van der Waals surface area contributed by atoms with Gasteiger partial charge in [0.05, 0.1) is 52.9 Å². The topological polar surface area (TPSA) is 36.9 Å². The molecule has 0 unspecified atom stereocenters. The number of halogens is 2. The molecule has 0 aliphatic rings. The first-order valence-electron chi connectivity index (χ1n) is 5.34. The lowest BCUT2D eigenvalue weighted by Crippen LogP contribution is -2.12. The van der Waals surface area contributed by atoms with Gasteiger partial charge in [-0.05, 0) is 0 Å². The van der Waals surface area contributed by atoms with E-state index in [0.29, 0.717) is 39.6 Å². The van der Waals surface area contributed by atoms with Crippen LogP contribution in [0.5, 0.6) is 0 Å². The number of hydrogen-bond acceptors (Lipinski definition) is 4. The predicted octanol–water partition coefficient (Wildman–Crippen LogP) is 1.88. The van der Waals surface area contributed by atoms with Gasteiger partial charge in [-0.1, -0.05) is 38.5 Å². The molecule has 0 aliphatic carbocycles. The van der Waals surface area contributed by atoms with Crippen LogP contribution in [-0.4, -0.2) is 62.6 Å². The average Bonchev–Trinajstić information content (AvgIpc) is 2.31. The van der Waals surface area contributed by atoms with Gasteiger partial charge in [-0.2, -0.15) is 0 Å². The molecule has 0 fully saturated rings. The van der Waals surface area contributed by atoms with Crippen LogP contribution in [0.3, 0.4) is 0 Å². The Morgan fingerprint density at radius 1 is 0.625 bits per heavy atom. The Labute approximate surface area is 120 Å². The lowest BCUT2D eigenvalue weighted by molar-refractivity contribution is 0.00167. The van der Waals surface area contributed by atoms with Crippen molar-refractivity contribution in [2.45, 2.75) is 0 Å². The van der Waals surface area contributed by atoms with Crippen LogP contribution in [0.25, 0.3) is 0 Å². The molecule has 0 saturated carbocycles. The van der Waals surface area contributed by atoms with Crippen molar-refractivity contribution in [2.75, 3.05) is 62.6 Å². The average molecular weight is 411 g/mol. The summed E-state index contributed by atoms with van der Waals surface area (Å²) < 4.78 is 22.1. The smallest absolute Gasteiger partial charge is 0.0701 e. The second-order valence-corrected chi connectivity index (χ2v) is 4.70. The van der Waals surface area contributed by atoms with Gasteiger partial charge in [-0.3, -0.25) is 0 Å². The van der Waals surface area contributed by atoms with E-state index in [4.69, 9.17) is 18.9 Å². The maximum atomic E-state index is 5.31. The highest BCUT2D eigenvalue weighted by Crippen LogP contribution is 1.85. The van der Waals surface area contributed by atoms with E-state index in [2.05, 4.69) is 38.5 Å². The highest BCUT2D eigenvalue weighted by Gasteiger charge is 1.91. The van der Waals surface area contributed by atoms with Crippen molar-refractivity contribution < 1.29 is 18.9 Å². The SMILES string of the molecule is BrCCOCCOCCOCCOCCI. The van der Waals surface area contributed by atoms with E-state index < -0.39 is 0 Å². The third-order valence-corrected chi connectivity index (χ3v) is 2.32. The van der Waals surface area contributed by atoms with Gasteiger partial charge < -0.3 is 18.9 Å². The van der Waals surface area contributed by atoms with Gasteiger partial charge in [0.15, 0.2) is 0 Å². The summed E-state index contributed by atoms with van der Waals surface area (Å²) in [6.07, 6.45) is 0. The van der Waals surface area contributed by atoms with Gasteiger partial charge in [-0.15, -0.1) is 0 Å². The third kappa shape index (κ3) is 15.0. The zero-order chi connectivity index (χ0) is 11.9. The van der Waals surface area contributed by atoms with Crippen LogP contribution >= 0.6 is 38.5 Å². The van der Waals surface area contributed by atoms with E-state index in [1.807, 2.05) is 0 Å². The first-order chi connectivity index (χ1) is 7.91. The van der Waals surface area contributed by atoms with Gasteiger partial charge in [0, 0.05) is 9.76 Å². The van der Waals surface area contributed by atoms with Crippen molar-refractivity contribution in [3.05, 3.63) is 0 Å². The molecule has 0 aliphatic heterocycles. The lowest BCUT2D eigenvalue weighted by atomic mass is 10.7. The van der Waals surface area contributed by atoms with E-state index >= 15 is 0 Å². The quantitative estimate of drug-likeness (QED) is 0.264.